The van der Waals surface area contributed by atoms with Crippen LogP contribution in [-0.4, -0.2) is 58.3 Å². The Morgan fingerprint density at radius 1 is 0.846 bits per heavy atom. The van der Waals surface area contributed by atoms with Gasteiger partial charge in [0.05, 0.1) is 29.4 Å². The second kappa shape index (κ2) is 11.0. The Bertz CT molecular complexity index is 1100. The number of rotatable bonds is 5. The van der Waals surface area contributed by atoms with E-state index in [1.807, 2.05) is 12.1 Å². The lowest BCUT2D eigenvalue weighted by Crippen LogP contribution is -2.61. The van der Waals surface area contributed by atoms with E-state index in [4.69, 9.17) is 9.47 Å². The maximum absolute atomic E-state index is 12.2. The van der Waals surface area contributed by atoms with Crippen molar-refractivity contribution in [2.45, 2.75) is 118 Å². The molecule has 216 valence electrons. The van der Waals surface area contributed by atoms with Gasteiger partial charge in [-0.05, 0) is 92.2 Å². The zero-order valence-corrected chi connectivity index (χ0v) is 24.4. The molecule has 1 aromatic carbocycles. The maximum atomic E-state index is 12.2. The number of piperidine rings is 1. The number of hydrogen-bond acceptors (Lipinski definition) is 6. The summed E-state index contributed by atoms with van der Waals surface area (Å²) >= 11 is 0. The van der Waals surface area contributed by atoms with Gasteiger partial charge >= 0.3 is 0 Å². The van der Waals surface area contributed by atoms with Gasteiger partial charge in [-0.3, -0.25) is 10.6 Å². The van der Waals surface area contributed by atoms with Crippen molar-refractivity contribution in [3.63, 3.8) is 0 Å². The third-order valence-corrected chi connectivity index (χ3v) is 12.7. The van der Waals surface area contributed by atoms with E-state index in [0.29, 0.717) is 22.8 Å². The highest BCUT2D eigenvalue weighted by Gasteiger charge is 2.56. The molecule has 0 amide bonds. The molecule has 0 spiro atoms. The molecule has 1 aromatic rings. The molecule has 11 unspecified atom stereocenters. The predicted octanol–water partition coefficient (Wildman–Crippen LogP) is 5.03. The third-order valence-electron chi connectivity index (χ3n) is 11.5. The molecule has 7 heteroatoms. The van der Waals surface area contributed by atoms with Crippen LogP contribution < -0.4 is 10.6 Å². The lowest BCUT2D eigenvalue weighted by Gasteiger charge is -2.45. The van der Waals surface area contributed by atoms with Gasteiger partial charge in [0.15, 0.2) is 9.84 Å². The van der Waals surface area contributed by atoms with E-state index in [2.05, 4.69) is 22.8 Å². The SMILES string of the molecule is CS(=O)(=O)c1ccc(C2C3NC(NCC4CCCO4)CC4C5CCCCCC(C5)C5CCC(C5)C2OC43)cc1. The molecule has 11 atom stereocenters. The molecule has 2 saturated carbocycles. The first-order chi connectivity index (χ1) is 18.9. The number of sulfone groups is 1. The molecule has 0 aromatic heterocycles. The average Bonchev–Trinajstić information content (AvgIpc) is 3.66. The van der Waals surface area contributed by atoms with Gasteiger partial charge in [-0.1, -0.05) is 44.2 Å². The van der Waals surface area contributed by atoms with Crippen molar-refractivity contribution >= 4 is 9.84 Å². The molecule has 6 nitrogen and oxygen atoms in total. The summed E-state index contributed by atoms with van der Waals surface area (Å²) in [6.07, 6.45) is 18.1. The molecule has 4 heterocycles. The molecule has 7 rings (SSSR count). The normalized spacial score (nSPS) is 44.1. The second-order valence-corrected chi connectivity index (χ2v) is 15.9. The zero-order chi connectivity index (χ0) is 26.6. The van der Waals surface area contributed by atoms with Gasteiger partial charge in [-0.2, -0.15) is 0 Å². The van der Waals surface area contributed by atoms with Crippen molar-refractivity contribution in [3.8, 4) is 0 Å². The number of benzene rings is 1. The molecule has 39 heavy (non-hydrogen) atoms. The Hall–Kier alpha value is -0.990. The number of nitrogens with one attached hydrogen (secondary N) is 2. The van der Waals surface area contributed by atoms with Gasteiger partial charge in [-0.25, -0.2) is 8.42 Å². The van der Waals surface area contributed by atoms with Gasteiger partial charge in [0.2, 0.25) is 0 Å². The summed E-state index contributed by atoms with van der Waals surface area (Å²) in [7, 11) is -3.22. The highest BCUT2D eigenvalue weighted by molar-refractivity contribution is 7.90. The van der Waals surface area contributed by atoms with Crippen molar-refractivity contribution in [2.75, 3.05) is 19.4 Å². The summed E-state index contributed by atoms with van der Waals surface area (Å²) in [4.78, 5) is 0.406. The van der Waals surface area contributed by atoms with E-state index in [1.54, 1.807) is 0 Å². The zero-order valence-electron chi connectivity index (χ0n) is 23.6. The van der Waals surface area contributed by atoms with Crippen molar-refractivity contribution in [1.82, 2.24) is 10.6 Å². The van der Waals surface area contributed by atoms with Crippen molar-refractivity contribution in [3.05, 3.63) is 29.8 Å². The molecular formula is C32H48N2O4S. The minimum atomic E-state index is -3.22. The Morgan fingerprint density at radius 3 is 2.36 bits per heavy atom. The Labute approximate surface area is 235 Å². The largest absolute Gasteiger partial charge is 0.377 e. The van der Waals surface area contributed by atoms with E-state index in [0.717, 1.165) is 43.7 Å². The Morgan fingerprint density at radius 2 is 1.59 bits per heavy atom. The first-order valence-electron chi connectivity index (χ1n) is 16.0. The van der Waals surface area contributed by atoms with E-state index < -0.39 is 9.84 Å². The van der Waals surface area contributed by atoms with Crippen LogP contribution in [0, 0.1) is 29.6 Å². The van der Waals surface area contributed by atoms with E-state index in [-0.39, 0.29) is 30.3 Å². The van der Waals surface area contributed by atoms with Crippen LogP contribution in [0.1, 0.15) is 88.5 Å². The monoisotopic (exact) mass is 556 g/mol. The summed E-state index contributed by atoms with van der Waals surface area (Å²) in [6.45, 7) is 1.81. The lowest BCUT2D eigenvalue weighted by atomic mass is 9.68. The van der Waals surface area contributed by atoms with E-state index >= 15 is 0 Å². The molecule has 6 bridgehead atoms. The van der Waals surface area contributed by atoms with Gasteiger partial charge in [0, 0.05) is 31.4 Å². The van der Waals surface area contributed by atoms with Gasteiger partial charge in [0.1, 0.15) is 0 Å². The molecule has 6 fully saturated rings. The summed E-state index contributed by atoms with van der Waals surface area (Å²) < 4.78 is 37.7. The molecule has 4 saturated heterocycles. The second-order valence-electron chi connectivity index (χ2n) is 13.8. The summed E-state index contributed by atoms with van der Waals surface area (Å²) in [5, 5.41) is 7.98. The highest BCUT2D eigenvalue weighted by atomic mass is 32.2. The average molecular weight is 557 g/mol. The fourth-order valence-electron chi connectivity index (χ4n) is 9.66. The van der Waals surface area contributed by atoms with Gasteiger partial charge < -0.3 is 9.47 Å². The molecular weight excluding hydrogens is 508 g/mol. The van der Waals surface area contributed by atoms with Crippen molar-refractivity contribution < 1.29 is 17.9 Å². The lowest BCUT2D eigenvalue weighted by molar-refractivity contribution is -0.0660. The first-order valence-corrected chi connectivity index (χ1v) is 17.9. The first kappa shape index (κ1) is 26.9. The van der Waals surface area contributed by atoms with Gasteiger partial charge in [0.25, 0.3) is 0 Å². The Kier molecular flexibility index (Phi) is 7.59. The fraction of sp³-hybridized carbons (Fsp3) is 0.812. The van der Waals surface area contributed by atoms with Crippen LogP contribution in [0.2, 0.25) is 0 Å². The van der Waals surface area contributed by atoms with Crippen LogP contribution in [0.25, 0.3) is 0 Å². The van der Waals surface area contributed by atoms with E-state index in [9.17, 15) is 8.42 Å². The van der Waals surface area contributed by atoms with Crippen LogP contribution >= 0.6 is 0 Å². The van der Waals surface area contributed by atoms with Gasteiger partial charge in [-0.15, -0.1) is 0 Å². The summed E-state index contributed by atoms with van der Waals surface area (Å²) in [5.41, 5.74) is 1.24. The van der Waals surface area contributed by atoms with Crippen molar-refractivity contribution in [1.29, 1.82) is 0 Å². The number of fused-ring (bicyclic) bond motifs is 8. The maximum Gasteiger partial charge on any atom is 0.175 e. The van der Waals surface area contributed by atoms with E-state index in [1.165, 1.54) is 76.0 Å². The molecule has 6 aliphatic rings. The predicted molar refractivity (Wildman–Crippen MR) is 152 cm³/mol. The third kappa shape index (κ3) is 5.36. The topological polar surface area (TPSA) is 76.7 Å². The molecule has 0 radical (unpaired) electrons. The standard InChI is InChI=1S/C32H48N2O4S/c1-39(35,36)26-13-11-20(12-14-26)29-30-32-27(18-28(34-30)33-19-25-8-5-15-37-25)23-7-4-2-3-6-21(16-23)22-9-10-24(17-22)31(29)38-32/h11-14,21-25,27-34H,2-10,15-19H2,1H3. The van der Waals surface area contributed by atoms with Crippen LogP contribution in [0.5, 0.6) is 0 Å². The fourth-order valence-corrected chi connectivity index (χ4v) is 10.3. The van der Waals surface area contributed by atoms with Crippen LogP contribution in [0.4, 0.5) is 0 Å². The Balaban J connectivity index is 1.24. The smallest absolute Gasteiger partial charge is 0.175 e. The minimum Gasteiger partial charge on any atom is -0.377 e. The number of hydrogen-bond donors (Lipinski definition) is 2. The van der Waals surface area contributed by atoms with Crippen LogP contribution in [0.15, 0.2) is 29.2 Å². The van der Waals surface area contributed by atoms with Crippen molar-refractivity contribution in [2.24, 2.45) is 29.6 Å². The quantitative estimate of drug-likeness (QED) is 0.530. The molecule has 2 N–H and O–H groups in total. The van der Waals surface area contributed by atoms with Crippen LogP contribution in [0.3, 0.4) is 0 Å². The number of ether oxygens (including phenoxy) is 2. The van der Waals surface area contributed by atoms with Crippen LogP contribution in [-0.2, 0) is 19.3 Å². The summed E-state index contributed by atoms with van der Waals surface area (Å²) in [6, 6.07) is 8.06. The minimum absolute atomic E-state index is 0.211. The molecule has 4 aliphatic heterocycles. The highest BCUT2D eigenvalue weighted by Crippen LogP contribution is 2.55. The molecule has 2 aliphatic carbocycles. The summed E-state index contributed by atoms with van der Waals surface area (Å²) in [5.74, 6) is 3.90.